The van der Waals surface area contributed by atoms with Crippen molar-refractivity contribution in [2.75, 3.05) is 19.6 Å². The lowest BCUT2D eigenvalue weighted by Crippen LogP contribution is -2.42. The molecule has 0 fully saturated rings. The molecule has 0 saturated heterocycles. The Morgan fingerprint density at radius 3 is 3.00 bits per heavy atom. The van der Waals surface area contributed by atoms with E-state index in [0.717, 1.165) is 19.5 Å². The van der Waals surface area contributed by atoms with E-state index in [0.29, 0.717) is 30.0 Å². The average Bonchev–Trinajstić information content (AvgIpc) is 3.14. The summed E-state index contributed by atoms with van der Waals surface area (Å²) in [6, 6.07) is 10.2. The molecule has 0 aliphatic carbocycles. The number of aromatic nitrogens is 2. The van der Waals surface area contributed by atoms with Crippen molar-refractivity contribution in [3.63, 3.8) is 0 Å². The number of hydrogen-bond donors (Lipinski definition) is 2. The lowest BCUT2D eigenvalue weighted by molar-refractivity contribution is -0.121. The van der Waals surface area contributed by atoms with Crippen LogP contribution >= 0.6 is 0 Å². The number of nitrogens with zero attached hydrogens (tertiary/aromatic N) is 3. The van der Waals surface area contributed by atoms with Crippen molar-refractivity contribution in [2.24, 2.45) is 0 Å². The predicted octanol–water partition coefficient (Wildman–Crippen LogP) is 1.69. The first-order valence-electron chi connectivity index (χ1n) is 9.61. The summed E-state index contributed by atoms with van der Waals surface area (Å²) in [6.45, 7) is 2.56. The molecular weight excluding hydrogens is 356 g/mol. The minimum Gasteiger partial charge on any atom is -0.441 e. The molecule has 1 aromatic carbocycles. The van der Waals surface area contributed by atoms with Gasteiger partial charge in [-0.1, -0.05) is 24.3 Å². The van der Waals surface area contributed by atoms with Gasteiger partial charge in [-0.25, -0.2) is 4.98 Å². The molecule has 7 heteroatoms. The minimum atomic E-state index is -0.593. The first-order chi connectivity index (χ1) is 13.7. The zero-order valence-corrected chi connectivity index (χ0v) is 15.7. The van der Waals surface area contributed by atoms with Gasteiger partial charge in [-0.3, -0.25) is 14.7 Å². The largest absolute Gasteiger partial charge is 0.441 e. The second kappa shape index (κ2) is 8.50. The third-order valence-corrected chi connectivity index (χ3v) is 5.01. The molecule has 0 saturated carbocycles. The number of carbonyl (C=O) groups excluding carboxylic acids is 1. The highest BCUT2D eigenvalue weighted by Crippen LogP contribution is 2.18. The molecule has 2 N–H and O–H groups in total. The van der Waals surface area contributed by atoms with Gasteiger partial charge < -0.3 is 14.8 Å². The number of oxazole rings is 1. The molecule has 146 valence electrons. The van der Waals surface area contributed by atoms with E-state index >= 15 is 0 Å². The van der Waals surface area contributed by atoms with E-state index in [4.69, 9.17) is 4.42 Å². The number of aliphatic hydroxyl groups excluding tert-OH is 1. The number of amides is 1. The number of aryl methyl sites for hydroxylation is 1. The number of β-amino-alcohol motifs (C(OH)–C–C–N with tert-alkyl or cyclic N) is 1. The summed E-state index contributed by atoms with van der Waals surface area (Å²) in [5, 5.41) is 13.1. The quantitative estimate of drug-likeness (QED) is 0.648. The summed E-state index contributed by atoms with van der Waals surface area (Å²) in [7, 11) is 0. The molecule has 4 rings (SSSR count). The standard InChI is InChI=1S/C21H24N4O3/c26-17(14-25-10-8-15-3-1-2-4-16(15)13-25)11-23-20(27)5-6-21-24-18-12-22-9-7-19(18)28-21/h1-4,7,9,12,17,26H,5-6,8,10-11,13-14H2,(H,23,27)/t17-/m1/s1. The van der Waals surface area contributed by atoms with Crippen LogP contribution in [0.1, 0.15) is 23.4 Å². The van der Waals surface area contributed by atoms with Gasteiger partial charge in [-0.2, -0.15) is 0 Å². The first-order valence-corrected chi connectivity index (χ1v) is 9.61. The molecule has 7 nitrogen and oxygen atoms in total. The fourth-order valence-corrected chi connectivity index (χ4v) is 3.55. The fourth-order valence-electron chi connectivity index (χ4n) is 3.55. The molecule has 0 unspecified atom stereocenters. The third kappa shape index (κ3) is 4.55. The maximum Gasteiger partial charge on any atom is 0.220 e. The second-order valence-corrected chi connectivity index (χ2v) is 7.16. The molecule has 0 radical (unpaired) electrons. The molecule has 3 aromatic rings. The van der Waals surface area contributed by atoms with E-state index in [2.05, 4.69) is 38.4 Å². The molecule has 3 heterocycles. The summed E-state index contributed by atoms with van der Waals surface area (Å²) in [6.07, 6.45) is 4.37. The molecule has 1 aliphatic heterocycles. The van der Waals surface area contributed by atoms with Crippen LogP contribution in [0.5, 0.6) is 0 Å². The lowest BCUT2D eigenvalue weighted by atomic mass is 10.00. The molecule has 0 bridgehead atoms. The van der Waals surface area contributed by atoms with Crippen molar-refractivity contribution in [1.82, 2.24) is 20.2 Å². The predicted molar refractivity (Wildman–Crippen MR) is 105 cm³/mol. The number of aliphatic hydroxyl groups is 1. The van der Waals surface area contributed by atoms with E-state index in [9.17, 15) is 9.90 Å². The molecule has 28 heavy (non-hydrogen) atoms. The summed E-state index contributed by atoms with van der Waals surface area (Å²) in [5.74, 6) is 0.397. The van der Waals surface area contributed by atoms with Gasteiger partial charge >= 0.3 is 0 Å². The molecular formula is C21H24N4O3. The van der Waals surface area contributed by atoms with Crippen molar-refractivity contribution in [2.45, 2.75) is 31.9 Å². The van der Waals surface area contributed by atoms with Gasteiger partial charge in [0.25, 0.3) is 0 Å². The zero-order chi connectivity index (χ0) is 19.3. The fraction of sp³-hybridized carbons (Fsp3) is 0.381. The van der Waals surface area contributed by atoms with Gasteiger partial charge in [0.1, 0.15) is 5.52 Å². The van der Waals surface area contributed by atoms with Gasteiger partial charge in [0.15, 0.2) is 11.5 Å². The van der Waals surface area contributed by atoms with Gasteiger partial charge in [0.2, 0.25) is 5.91 Å². The van der Waals surface area contributed by atoms with E-state index in [1.807, 2.05) is 6.07 Å². The highest BCUT2D eigenvalue weighted by Gasteiger charge is 2.18. The van der Waals surface area contributed by atoms with Crippen molar-refractivity contribution >= 4 is 17.0 Å². The van der Waals surface area contributed by atoms with Gasteiger partial charge in [-0.05, 0) is 17.5 Å². The highest BCUT2D eigenvalue weighted by molar-refractivity contribution is 5.76. The molecule has 1 atom stereocenters. The third-order valence-electron chi connectivity index (χ3n) is 5.01. The van der Waals surface area contributed by atoms with Crippen LogP contribution < -0.4 is 5.32 Å². The van der Waals surface area contributed by atoms with E-state index < -0.39 is 6.10 Å². The summed E-state index contributed by atoms with van der Waals surface area (Å²) < 4.78 is 5.59. The van der Waals surface area contributed by atoms with Crippen LogP contribution in [0.3, 0.4) is 0 Å². The maximum atomic E-state index is 12.1. The molecule has 1 aliphatic rings. The van der Waals surface area contributed by atoms with Crippen LogP contribution in [0.4, 0.5) is 0 Å². The van der Waals surface area contributed by atoms with Crippen LogP contribution in [0.15, 0.2) is 47.1 Å². The number of carbonyl (C=O) groups is 1. The van der Waals surface area contributed by atoms with Crippen LogP contribution in [0.25, 0.3) is 11.1 Å². The summed E-state index contributed by atoms with van der Waals surface area (Å²) in [5.41, 5.74) is 4.07. The zero-order valence-electron chi connectivity index (χ0n) is 15.7. The minimum absolute atomic E-state index is 0.122. The Balaban J connectivity index is 1.19. The monoisotopic (exact) mass is 380 g/mol. The first kappa shape index (κ1) is 18.6. The lowest BCUT2D eigenvalue weighted by Gasteiger charge is -2.30. The summed E-state index contributed by atoms with van der Waals surface area (Å²) >= 11 is 0. The normalized spacial score (nSPS) is 15.3. The SMILES string of the molecule is O=C(CCc1nc2cnccc2o1)NC[C@@H](O)CN1CCc2ccccc2C1. The Labute approximate surface area is 163 Å². The Hall–Kier alpha value is -2.77. The van der Waals surface area contributed by atoms with E-state index in [1.165, 1.54) is 11.1 Å². The highest BCUT2D eigenvalue weighted by atomic mass is 16.3. The smallest absolute Gasteiger partial charge is 0.220 e. The van der Waals surface area contributed by atoms with Crippen LogP contribution in [-0.4, -0.2) is 51.6 Å². The number of pyridine rings is 1. The van der Waals surface area contributed by atoms with Crippen molar-refractivity contribution in [3.8, 4) is 0 Å². The Bertz CT molecular complexity index is 922. The average molecular weight is 380 g/mol. The number of rotatable bonds is 7. The topological polar surface area (TPSA) is 91.5 Å². The number of fused-ring (bicyclic) bond motifs is 2. The Morgan fingerprint density at radius 2 is 2.14 bits per heavy atom. The van der Waals surface area contributed by atoms with Crippen molar-refractivity contribution < 1.29 is 14.3 Å². The van der Waals surface area contributed by atoms with E-state index in [-0.39, 0.29) is 18.9 Å². The van der Waals surface area contributed by atoms with Crippen LogP contribution in [-0.2, 0) is 24.2 Å². The molecule has 1 amide bonds. The second-order valence-electron chi connectivity index (χ2n) is 7.16. The number of hydrogen-bond acceptors (Lipinski definition) is 6. The Kier molecular flexibility index (Phi) is 5.64. The number of benzene rings is 1. The molecule has 2 aromatic heterocycles. The Morgan fingerprint density at radius 1 is 1.29 bits per heavy atom. The van der Waals surface area contributed by atoms with Crippen LogP contribution in [0, 0.1) is 0 Å². The molecule has 0 spiro atoms. The maximum absolute atomic E-state index is 12.1. The van der Waals surface area contributed by atoms with Gasteiger partial charge in [0.05, 0.1) is 12.3 Å². The van der Waals surface area contributed by atoms with Crippen LogP contribution in [0.2, 0.25) is 0 Å². The van der Waals surface area contributed by atoms with Gasteiger partial charge in [-0.15, -0.1) is 0 Å². The van der Waals surface area contributed by atoms with E-state index in [1.54, 1.807) is 18.5 Å². The summed E-state index contributed by atoms with van der Waals surface area (Å²) in [4.78, 5) is 22.6. The van der Waals surface area contributed by atoms with Gasteiger partial charge in [0, 0.05) is 51.3 Å². The van der Waals surface area contributed by atoms with Crippen molar-refractivity contribution in [3.05, 3.63) is 59.7 Å². The van der Waals surface area contributed by atoms with Crippen molar-refractivity contribution in [1.29, 1.82) is 0 Å². The number of nitrogens with one attached hydrogen (secondary N) is 1.